The van der Waals surface area contributed by atoms with Gasteiger partial charge >= 0.3 is 0 Å². The fourth-order valence-corrected chi connectivity index (χ4v) is 2.32. The molecule has 0 aliphatic heterocycles. The zero-order valence-corrected chi connectivity index (χ0v) is 12.3. The summed E-state index contributed by atoms with van der Waals surface area (Å²) in [6.45, 7) is 9.10. The zero-order chi connectivity index (χ0) is 13.3. The van der Waals surface area contributed by atoms with Crippen LogP contribution in [0.5, 0.6) is 0 Å². The number of hydrogen-bond acceptors (Lipinski definition) is 0. The lowest BCUT2D eigenvalue weighted by atomic mass is 10.0. The third-order valence-electron chi connectivity index (χ3n) is 3.53. The van der Waals surface area contributed by atoms with Gasteiger partial charge in [0.25, 0.3) is 0 Å². The van der Waals surface area contributed by atoms with Gasteiger partial charge in [0.1, 0.15) is 0 Å². The van der Waals surface area contributed by atoms with E-state index in [1.165, 1.54) is 83.5 Å². The Morgan fingerprint density at radius 3 is 1.22 bits per heavy atom. The molecule has 0 heterocycles. The van der Waals surface area contributed by atoms with Gasteiger partial charge in [-0.1, -0.05) is 82.9 Å². The molecule has 0 bridgehead atoms. The summed E-state index contributed by atoms with van der Waals surface area (Å²) in [5.41, 5.74) is 0. The molecule has 0 atom stereocenters. The molecular weight excluding hydrogens is 216 g/mol. The summed E-state index contributed by atoms with van der Waals surface area (Å²) in [6, 6.07) is 0. The van der Waals surface area contributed by atoms with E-state index in [0.29, 0.717) is 0 Å². The minimum Gasteiger partial charge on any atom is -0.103 e. The predicted molar refractivity (Wildman–Crippen MR) is 83.7 cm³/mol. The summed E-state index contributed by atoms with van der Waals surface area (Å²) in [6.07, 6.45) is 22.9. The molecule has 0 N–H and O–H groups in total. The third-order valence-corrected chi connectivity index (χ3v) is 3.53. The molecule has 105 valence electrons. The van der Waals surface area contributed by atoms with Gasteiger partial charge in [-0.15, -0.1) is 6.58 Å². The van der Waals surface area contributed by atoms with Crippen LogP contribution in [0.1, 0.15) is 89.9 Å². The Hall–Kier alpha value is -0.520. The topological polar surface area (TPSA) is 0 Å². The molecule has 0 unspecified atom stereocenters. The van der Waals surface area contributed by atoms with Crippen LogP contribution >= 0.6 is 0 Å². The van der Waals surface area contributed by atoms with Gasteiger partial charge in [-0.25, -0.2) is 0 Å². The smallest absolute Gasteiger partial charge is 0.0348 e. The van der Waals surface area contributed by atoms with E-state index < -0.39 is 0 Å². The second-order valence-electron chi connectivity index (χ2n) is 5.34. The van der Waals surface area contributed by atoms with Gasteiger partial charge in [0.05, 0.1) is 0 Å². The normalized spacial score (nSPS) is 10.4. The number of unbranched alkanes of at least 4 members (excludes halogenated alkanes) is 13. The Kier molecular flexibility index (Phi) is 16.0. The van der Waals surface area contributed by atoms with Crippen LogP contribution in [-0.2, 0) is 0 Å². The highest BCUT2D eigenvalue weighted by Crippen LogP contribution is 2.12. The lowest BCUT2D eigenvalue weighted by molar-refractivity contribution is 0.542. The minimum atomic E-state index is 1.09. The fourth-order valence-electron chi connectivity index (χ4n) is 2.32. The maximum Gasteiger partial charge on any atom is -0.0348 e. The maximum atomic E-state index is 5.35. The van der Waals surface area contributed by atoms with Crippen molar-refractivity contribution >= 4 is 0 Å². The summed E-state index contributed by atoms with van der Waals surface area (Å²) in [4.78, 5) is 0. The van der Waals surface area contributed by atoms with Crippen LogP contribution in [0.15, 0.2) is 18.7 Å². The van der Waals surface area contributed by atoms with E-state index in [-0.39, 0.29) is 0 Å². The average molecular weight is 249 g/mol. The molecule has 0 fully saturated rings. The fraction of sp³-hybridized carbons (Fsp3) is 0.778. The molecular formula is C18H33. The van der Waals surface area contributed by atoms with Crippen molar-refractivity contribution in [2.75, 3.05) is 0 Å². The van der Waals surface area contributed by atoms with Crippen molar-refractivity contribution in [3.63, 3.8) is 0 Å². The molecule has 18 heavy (non-hydrogen) atoms. The van der Waals surface area contributed by atoms with Gasteiger partial charge in [0.2, 0.25) is 0 Å². The average Bonchev–Trinajstić information content (AvgIpc) is 2.39. The van der Waals surface area contributed by atoms with Crippen LogP contribution in [0.3, 0.4) is 0 Å². The largest absolute Gasteiger partial charge is 0.103 e. The van der Waals surface area contributed by atoms with Crippen molar-refractivity contribution in [2.24, 2.45) is 0 Å². The molecule has 0 saturated carbocycles. The van der Waals surface area contributed by atoms with Gasteiger partial charge in [-0.05, 0) is 25.7 Å². The maximum absolute atomic E-state index is 5.35. The minimum absolute atomic E-state index is 1.09. The second-order valence-corrected chi connectivity index (χ2v) is 5.34. The SMILES string of the molecule is [CH]=CCCCCCCCCCCCCCCC=C. The van der Waals surface area contributed by atoms with Crippen LogP contribution in [0, 0.1) is 6.58 Å². The summed E-state index contributed by atoms with van der Waals surface area (Å²) in [7, 11) is 0. The summed E-state index contributed by atoms with van der Waals surface area (Å²) >= 11 is 0. The Bertz CT molecular complexity index is 149. The highest BCUT2D eigenvalue weighted by Gasteiger charge is 1.93. The first-order chi connectivity index (χ1) is 8.91. The summed E-state index contributed by atoms with van der Waals surface area (Å²) in [5, 5.41) is 0. The summed E-state index contributed by atoms with van der Waals surface area (Å²) < 4.78 is 0. The number of allylic oxidation sites excluding steroid dienone is 2. The quantitative estimate of drug-likeness (QED) is 0.226. The van der Waals surface area contributed by atoms with Gasteiger partial charge in [-0.3, -0.25) is 0 Å². The van der Waals surface area contributed by atoms with Gasteiger partial charge in [0.15, 0.2) is 0 Å². The number of hydrogen-bond donors (Lipinski definition) is 0. The predicted octanol–water partition coefficient (Wildman–Crippen LogP) is 6.62. The van der Waals surface area contributed by atoms with Crippen molar-refractivity contribution in [3.8, 4) is 0 Å². The van der Waals surface area contributed by atoms with E-state index in [9.17, 15) is 0 Å². The molecule has 0 spiro atoms. The zero-order valence-electron chi connectivity index (χ0n) is 12.3. The molecule has 0 aromatic carbocycles. The summed E-state index contributed by atoms with van der Waals surface area (Å²) in [5.74, 6) is 0. The first-order valence-electron chi connectivity index (χ1n) is 8.06. The van der Waals surface area contributed by atoms with E-state index in [1.54, 1.807) is 6.08 Å². The van der Waals surface area contributed by atoms with Crippen LogP contribution in [0.4, 0.5) is 0 Å². The third kappa shape index (κ3) is 15.5. The van der Waals surface area contributed by atoms with Crippen molar-refractivity contribution in [1.29, 1.82) is 0 Å². The van der Waals surface area contributed by atoms with Crippen LogP contribution in [0.25, 0.3) is 0 Å². The van der Waals surface area contributed by atoms with Crippen molar-refractivity contribution in [2.45, 2.75) is 89.9 Å². The Labute approximate surface area is 116 Å². The van der Waals surface area contributed by atoms with Crippen LogP contribution in [-0.4, -0.2) is 0 Å². The van der Waals surface area contributed by atoms with Crippen LogP contribution < -0.4 is 0 Å². The highest BCUT2D eigenvalue weighted by molar-refractivity contribution is 4.65. The van der Waals surface area contributed by atoms with Crippen molar-refractivity contribution in [3.05, 3.63) is 25.3 Å². The molecule has 0 aliphatic carbocycles. The van der Waals surface area contributed by atoms with E-state index in [4.69, 9.17) is 6.58 Å². The molecule has 0 amide bonds. The van der Waals surface area contributed by atoms with Gasteiger partial charge < -0.3 is 0 Å². The van der Waals surface area contributed by atoms with Crippen molar-refractivity contribution < 1.29 is 0 Å². The lowest BCUT2D eigenvalue weighted by Crippen LogP contribution is -1.82. The van der Waals surface area contributed by atoms with Crippen molar-refractivity contribution in [1.82, 2.24) is 0 Å². The van der Waals surface area contributed by atoms with Gasteiger partial charge in [-0.2, -0.15) is 0 Å². The van der Waals surface area contributed by atoms with Crippen LogP contribution in [0.2, 0.25) is 0 Å². The molecule has 0 nitrogen and oxygen atoms in total. The number of rotatable bonds is 15. The first-order valence-corrected chi connectivity index (χ1v) is 8.06. The Balaban J connectivity index is 2.90. The van der Waals surface area contributed by atoms with E-state index in [0.717, 1.165) is 6.42 Å². The Morgan fingerprint density at radius 2 is 0.889 bits per heavy atom. The first kappa shape index (κ1) is 17.5. The second kappa shape index (κ2) is 16.5. The van der Waals surface area contributed by atoms with E-state index >= 15 is 0 Å². The van der Waals surface area contributed by atoms with E-state index in [2.05, 4.69) is 6.58 Å². The molecule has 0 aliphatic rings. The van der Waals surface area contributed by atoms with E-state index in [1.807, 2.05) is 6.08 Å². The lowest BCUT2D eigenvalue weighted by Gasteiger charge is -2.02. The molecule has 0 aromatic heterocycles. The monoisotopic (exact) mass is 249 g/mol. The van der Waals surface area contributed by atoms with Gasteiger partial charge in [0, 0.05) is 0 Å². The standard InChI is InChI=1S/C18H33/c1-3-5-7-9-11-13-15-17-18-16-14-12-10-8-6-4-2/h1,3-4H,2,5-18H2. The highest BCUT2D eigenvalue weighted by atomic mass is 14.0. The Morgan fingerprint density at radius 1 is 0.556 bits per heavy atom. The molecule has 0 saturated heterocycles. The molecule has 0 heteroatoms. The molecule has 0 aromatic rings. The molecule has 0 rings (SSSR count). The molecule has 1 radical (unpaired) electrons.